The zero-order valence-corrected chi connectivity index (χ0v) is 18.0. The van der Waals surface area contributed by atoms with Gasteiger partial charge in [0.15, 0.2) is 0 Å². The number of fused-ring (bicyclic) bond motifs is 1. The van der Waals surface area contributed by atoms with Gasteiger partial charge in [0.1, 0.15) is 0 Å². The monoisotopic (exact) mass is 427 g/mol. The minimum atomic E-state index is -3.60. The summed E-state index contributed by atoms with van der Waals surface area (Å²) in [5.41, 5.74) is 0. The van der Waals surface area contributed by atoms with E-state index in [-0.39, 0.29) is 9.79 Å². The van der Waals surface area contributed by atoms with E-state index in [1.165, 1.54) is 28.6 Å². The first-order chi connectivity index (χ1) is 13.3. The van der Waals surface area contributed by atoms with Gasteiger partial charge in [-0.1, -0.05) is 6.92 Å². The van der Waals surface area contributed by atoms with Gasteiger partial charge in [0.2, 0.25) is 20.0 Å². The number of hydrogen-bond acceptors (Lipinski definition) is 5. The average molecular weight is 428 g/mol. The van der Waals surface area contributed by atoms with Gasteiger partial charge in [-0.05, 0) is 62.4 Å². The molecule has 0 aliphatic carbocycles. The second-order valence-corrected chi connectivity index (χ2v) is 12.1. The van der Waals surface area contributed by atoms with Gasteiger partial charge in [0.05, 0.1) is 9.79 Å². The molecular formula is C19H29N3O4S2. The molecule has 1 aromatic carbocycles. The fraction of sp³-hybridized carbons (Fsp3) is 0.684. The number of rotatable bonds is 4. The zero-order valence-electron chi connectivity index (χ0n) is 16.3. The number of benzene rings is 1. The van der Waals surface area contributed by atoms with E-state index in [9.17, 15) is 16.8 Å². The molecule has 1 atom stereocenters. The Morgan fingerprint density at radius 2 is 1.32 bits per heavy atom. The van der Waals surface area contributed by atoms with E-state index in [2.05, 4.69) is 11.8 Å². The summed E-state index contributed by atoms with van der Waals surface area (Å²) < 4.78 is 54.8. The quantitative estimate of drug-likeness (QED) is 0.729. The van der Waals surface area contributed by atoms with Crippen molar-refractivity contribution in [3.63, 3.8) is 0 Å². The minimum absolute atomic E-state index is 0.168. The van der Waals surface area contributed by atoms with Crippen LogP contribution in [-0.4, -0.2) is 75.7 Å². The largest absolute Gasteiger partial charge is 0.298 e. The summed E-state index contributed by atoms with van der Waals surface area (Å²) in [6.45, 7) is 6.02. The Labute approximate surface area is 168 Å². The maximum Gasteiger partial charge on any atom is 0.243 e. The standard InChI is InChI=1S/C19H29N3O4S2/c1-16-8-11-21(12-9-16)27(23,24)18-4-6-19(7-5-18)28(25,26)22-14-13-20-10-2-3-17(20)15-22/h4-7,16-17H,2-3,8-15H2,1H3. The van der Waals surface area contributed by atoms with E-state index >= 15 is 0 Å². The van der Waals surface area contributed by atoms with Crippen molar-refractivity contribution < 1.29 is 16.8 Å². The molecule has 3 aliphatic heterocycles. The van der Waals surface area contributed by atoms with Gasteiger partial charge in [0.25, 0.3) is 0 Å². The highest BCUT2D eigenvalue weighted by Crippen LogP contribution is 2.28. The lowest BCUT2D eigenvalue weighted by molar-refractivity contribution is 0.158. The van der Waals surface area contributed by atoms with Crippen LogP contribution in [0.3, 0.4) is 0 Å². The van der Waals surface area contributed by atoms with Crippen molar-refractivity contribution in [3.05, 3.63) is 24.3 Å². The van der Waals surface area contributed by atoms with Gasteiger partial charge >= 0.3 is 0 Å². The molecule has 0 N–H and O–H groups in total. The topological polar surface area (TPSA) is 78.0 Å². The average Bonchev–Trinajstić information content (AvgIpc) is 3.16. The number of piperidine rings is 1. The molecule has 4 rings (SSSR count). The van der Waals surface area contributed by atoms with E-state index < -0.39 is 20.0 Å². The van der Waals surface area contributed by atoms with E-state index in [0.717, 1.165) is 38.8 Å². The summed E-state index contributed by atoms with van der Waals surface area (Å²) in [4.78, 5) is 2.70. The predicted molar refractivity (Wildman–Crippen MR) is 107 cm³/mol. The highest BCUT2D eigenvalue weighted by Gasteiger charge is 2.36. The van der Waals surface area contributed by atoms with Crippen molar-refractivity contribution in [1.29, 1.82) is 0 Å². The van der Waals surface area contributed by atoms with Crippen LogP contribution in [0.5, 0.6) is 0 Å². The summed E-state index contributed by atoms with van der Waals surface area (Å²) in [5, 5.41) is 0. The Hall–Kier alpha value is -1.00. The lowest BCUT2D eigenvalue weighted by Gasteiger charge is -2.36. The summed E-state index contributed by atoms with van der Waals surface area (Å²) in [5.74, 6) is 0.541. The first-order valence-corrected chi connectivity index (χ1v) is 13.0. The van der Waals surface area contributed by atoms with Gasteiger partial charge in [-0.3, -0.25) is 4.90 Å². The Kier molecular flexibility index (Phi) is 5.56. The maximum atomic E-state index is 13.0. The van der Waals surface area contributed by atoms with Gasteiger partial charge < -0.3 is 0 Å². The minimum Gasteiger partial charge on any atom is -0.298 e. The molecule has 3 heterocycles. The molecule has 3 aliphatic rings. The molecule has 9 heteroatoms. The van der Waals surface area contributed by atoms with Crippen molar-refractivity contribution in [1.82, 2.24) is 13.5 Å². The molecule has 0 saturated carbocycles. The molecule has 7 nitrogen and oxygen atoms in total. The van der Waals surface area contributed by atoms with Crippen LogP contribution in [0.1, 0.15) is 32.6 Å². The molecule has 1 unspecified atom stereocenters. The molecule has 0 radical (unpaired) electrons. The maximum absolute atomic E-state index is 13.0. The van der Waals surface area contributed by atoms with Crippen LogP contribution in [0, 0.1) is 5.92 Å². The summed E-state index contributed by atoms with van der Waals surface area (Å²) in [6.07, 6.45) is 3.88. The first-order valence-electron chi connectivity index (χ1n) is 10.1. The number of hydrogen-bond donors (Lipinski definition) is 0. The Morgan fingerprint density at radius 1 is 0.750 bits per heavy atom. The molecule has 1 aromatic rings. The lowest BCUT2D eigenvalue weighted by atomic mass is 10.0. The van der Waals surface area contributed by atoms with Crippen molar-refractivity contribution in [2.75, 3.05) is 39.3 Å². The number of piperazine rings is 1. The van der Waals surface area contributed by atoms with Crippen molar-refractivity contribution >= 4 is 20.0 Å². The Balaban J connectivity index is 1.51. The second-order valence-electron chi connectivity index (χ2n) is 8.25. The molecule has 156 valence electrons. The smallest absolute Gasteiger partial charge is 0.243 e. The highest BCUT2D eigenvalue weighted by atomic mass is 32.2. The third kappa shape index (κ3) is 3.75. The molecular weight excluding hydrogens is 398 g/mol. The molecule has 0 aromatic heterocycles. The van der Waals surface area contributed by atoms with Crippen molar-refractivity contribution in [3.8, 4) is 0 Å². The van der Waals surface area contributed by atoms with Crippen LogP contribution in [0.25, 0.3) is 0 Å². The fourth-order valence-electron chi connectivity index (χ4n) is 4.49. The van der Waals surface area contributed by atoms with Crippen LogP contribution in [0.15, 0.2) is 34.1 Å². The fourth-order valence-corrected chi connectivity index (χ4v) is 7.43. The van der Waals surface area contributed by atoms with Crippen LogP contribution in [0.4, 0.5) is 0 Å². The van der Waals surface area contributed by atoms with Gasteiger partial charge in [0, 0.05) is 38.8 Å². The van der Waals surface area contributed by atoms with Crippen LogP contribution < -0.4 is 0 Å². The molecule has 0 spiro atoms. The van der Waals surface area contributed by atoms with Crippen molar-refractivity contribution in [2.45, 2.75) is 48.4 Å². The van der Waals surface area contributed by atoms with Crippen LogP contribution >= 0.6 is 0 Å². The second kappa shape index (κ2) is 7.68. The molecule has 28 heavy (non-hydrogen) atoms. The van der Waals surface area contributed by atoms with Gasteiger partial charge in [-0.2, -0.15) is 8.61 Å². The van der Waals surface area contributed by atoms with Crippen molar-refractivity contribution in [2.24, 2.45) is 5.92 Å². The number of nitrogens with zero attached hydrogens (tertiary/aromatic N) is 3. The normalized spacial score (nSPS) is 26.4. The third-order valence-corrected chi connectivity index (χ3v) is 10.2. The predicted octanol–water partition coefficient (Wildman–Crippen LogP) is 1.58. The highest BCUT2D eigenvalue weighted by molar-refractivity contribution is 7.89. The molecule has 0 bridgehead atoms. The van der Waals surface area contributed by atoms with E-state index in [0.29, 0.717) is 38.1 Å². The molecule has 0 amide bonds. The Morgan fingerprint density at radius 3 is 1.93 bits per heavy atom. The van der Waals surface area contributed by atoms with E-state index in [1.54, 1.807) is 4.31 Å². The third-order valence-electron chi connectivity index (χ3n) is 6.39. The lowest BCUT2D eigenvalue weighted by Crippen LogP contribution is -2.51. The van der Waals surface area contributed by atoms with Gasteiger partial charge in [-0.25, -0.2) is 16.8 Å². The first kappa shape index (κ1) is 20.3. The molecule has 3 fully saturated rings. The van der Waals surface area contributed by atoms with E-state index in [4.69, 9.17) is 0 Å². The number of sulfonamides is 2. The Bertz CT molecular complexity index is 907. The summed E-state index contributed by atoms with van der Waals surface area (Å²) in [7, 11) is -7.16. The van der Waals surface area contributed by atoms with Crippen LogP contribution in [0.2, 0.25) is 0 Å². The summed E-state index contributed by atoms with van der Waals surface area (Å²) >= 11 is 0. The summed E-state index contributed by atoms with van der Waals surface area (Å²) in [6, 6.07) is 6.06. The SMILES string of the molecule is CC1CCN(S(=O)(=O)c2ccc(S(=O)(=O)N3CCN4CCCC4C3)cc2)CC1. The van der Waals surface area contributed by atoms with Crippen LogP contribution in [-0.2, 0) is 20.0 Å². The molecule has 3 saturated heterocycles. The van der Waals surface area contributed by atoms with Gasteiger partial charge in [-0.15, -0.1) is 0 Å². The van der Waals surface area contributed by atoms with E-state index in [1.807, 2.05) is 0 Å². The zero-order chi connectivity index (χ0) is 19.9.